The highest BCUT2D eigenvalue weighted by atomic mass is 35.5. The van der Waals surface area contributed by atoms with Crippen LogP contribution < -0.4 is 21.5 Å². The Labute approximate surface area is 186 Å². The maximum Gasteiger partial charge on any atom is 0.268 e. The summed E-state index contributed by atoms with van der Waals surface area (Å²) in [6.45, 7) is 1.99. The molecule has 2 atom stereocenters. The number of hydrogen-bond donors (Lipinski definition) is 4. The third-order valence-electron chi connectivity index (χ3n) is 5.10. The minimum absolute atomic E-state index is 0.248. The molecule has 10 nitrogen and oxygen atoms in total. The van der Waals surface area contributed by atoms with E-state index in [0.29, 0.717) is 34.4 Å². The Balaban J connectivity index is 1.70. The van der Waals surface area contributed by atoms with Crippen molar-refractivity contribution < 1.29 is 0 Å². The SMILES string of the molecule is CC[C@H](NC1=C2NC=NC2N=CN1)c1nc2c(Cl)ccc(Cl)c2c(=O)n1-c1ccn[nH]1. The number of rotatable bonds is 5. The van der Waals surface area contributed by atoms with Crippen molar-refractivity contribution in [1.82, 2.24) is 35.7 Å². The van der Waals surface area contributed by atoms with Gasteiger partial charge < -0.3 is 16.0 Å². The molecule has 4 N–H and O–H groups in total. The smallest absolute Gasteiger partial charge is 0.268 e. The van der Waals surface area contributed by atoms with Crippen LogP contribution in [0.15, 0.2) is 50.7 Å². The summed E-state index contributed by atoms with van der Waals surface area (Å²) in [6, 6.07) is 4.55. The molecule has 0 saturated heterocycles. The summed E-state index contributed by atoms with van der Waals surface area (Å²) in [6.07, 6.45) is 5.04. The Hall–Kier alpha value is -3.37. The predicted molar refractivity (Wildman–Crippen MR) is 120 cm³/mol. The van der Waals surface area contributed by atoms with E-state index in [9.17, 15) is 4.79 Å². The zero-order valence-corrected chi connectivity index (χ0v) is 17.7. The second kappa shape index (κ2) is 7.71. The zero-order valence-electron chi connectivity index (χ0n) is 16.2. The Morgan fingerprint density at radius 3 is 2.68 bits per heavy atom. The fourth-order valence-electron chi connectivity index (χ4n) is 3.61. The van der Waals surface area contributed by atoms with Crippen LogP contribution in [0, 0.1) is 0 Å². The average Bonchev–Trinajstić information content (AvgIpc) is 3.46. The third-order valence-corrected chi connectivity index (χ3v) is 5.72. The van der Waals surface area contributed by atoms with Crippen LogP contribution in [0.3, 0.4) is 0 Å². The molecule has 0 fully saturated rings. The third kappa shape index (κ3) is 3.24. The molecule has 4 heterocycles. The predicted octanol–water partition coefficient (Wildman–Crippen LogP) is 2.21. The number of aliphatic imine (C=N–C) groups is 2. The van der Waals surface area contributed by atoms with E-state index in [1.807, 2.05) is 6.92 Å². The summed E-state index contributed by atoms with van der Waals surface area (Å²) >= 11 is 12.7. The van der Waals surface area contributed by atoms with Gasteiger partial charge in [0, 0.05) is 6.07 Å². The molecule has 2 aliphatic rings. The highest BCUT2D eigenvalue weighted by Crippen LogP contribution is 2.29. The van der Waals surface area contributed by atoms with Gasteiger partial charge in [-0.05, 0) is 18.6 Å². The van der Waals surface area contributed by atoms with Gasteiger partial charge in [-0.1, -0.05) is 30.1 Å². The van der Waals surface area contributed by atoms with Gasteiger partial charge in [0.1, 0.15) is 23.2 Å². The number of halogens is 2. The summed E-state index contributed by atoms with van der Waals surface area (Å²) in [5, 5.41) is 17.3. The summed E-state index contributed by atoms with van der Waals surface area (Å²) in [5.74, 6) is 1.63. The summed E-state index contributed by atoms with van der Waals surface area (Å²) in [4.78, 5) is 26.8. The number of nitrogens with zero attached hydrogens (tertiary/aromatic N) is 5. The summed E-state index contributed by atoms with van der Waals surface area (Å²) in [5.41, 5.74) is 0.799. The van der Waals surface area contributed by atoms with Gasteiger partial charge in [-0.15, -0.1) is 0 Å². The quantitative estimate of drug-likeness (QED) is 0.465. The molecule has 31 heavy (non-hydrogen) atoms. The minimum atomic E-state index is -0.361. The topological polar surface area (TPSA) is 124 Å². The molecule has 0 aliphatic carbocycles. The van der Waals surface area contributed by atoms with Gasteiger partial charge in [-0.2, -0.15) is 5.10 Å². The molecule has 0 radical (unpaired) electrons. The molecule has 12 heteroatoms. The van der Waals surface area contributed by atoms with Crippen LogP contribution in [0.2, 0.25) is 10.0 Å². The normalized spacial score (nSPS) is 18.1. The van der Waals surface area contributed by atoms with Crippen molar-refractivity contribution in [2.45, 2.75) is 25.6 Å². The zero-order chi connectivity index (χ0) is 21.5. The number of fused-ring (bicyclic) bond motifs is 2. The first-order valence-electron chi connectivity index (χ1n) is 9.56. The number of hydrogen-bond acceptors (Lipinski definition) is 8. The van der Waals surface area contributed by atoms with Gasteiger partial charge in [-0.3, -0.25) is 9.89 Å². The van der Waals surface area contributed by atoms with Crippen molar-refractivity contribution in [1.29, 1.82) is 0 Å². The largest absolute Gasteiger partial charge is 0.360 e. The first kappa shape index (κ1) is 19.6. The molecule has 158 valence electrons. The molecule has 1 aromatic carbocycles. The fourth-order valence-corrected chi connectivity index (χ4v) is 4.04. The minimum Gasteiger partial charge on any atom is -0.360 e. The molecule has 2 aromatic heterocycles. The molecule has 0 amide bonds. The van der Waals surface area contributed by atoms with Crippen molar-refractivity contribution in [3.63, 3.8) is 0 Å². The number of aromatic amines is 1. The lowest BCUT2D eigenvalue weighted by molar-refractivity contribution is 0.509. The van der Waals surface area contributed by atoms with Crippen molar-refractivity contribution in [3.05, 3.63) is 62.1 Å². The number of benzene rings is 1. The maximum absolute atomic E-state index is 13.5. The molecule has 0 saturated carbocycles. The van der Waals surface area contributed by atoms with Crippen molar-refractivity contribution >= 4 is 46.8 Å². The Bertz CT molecular complexity index is 1310. The molecule has 0 bridgehead atoms. The van der Waals surface area contributed by atoms with Gasteiger partial charge in [0.2, 0.25) is 0 Å². The second-order valence-electron chi connectivity index (χ2n) is 6.92. The van der Waals surface area contributed by atoms with Gasteiger partial charge in [0.25, 0.3) is 5.56 Å². The highest BCUT2D eigenvalue weighted by Gasteiger charge is 2.27. The summed E-state index contributed by atoms with van der Waals surface area (Å²) < 4.78 is 1.47. The monoisotopic (exact) mass is 457 g/mol. The lowest BCUT2D eigenvalue weighted by Gasteiger charge is -2.26. The van der Waals surface area contributed by atoms with Crippen LogP contribution in [-0.4, -0.2) is 38.6 Å². The van der Waals surface area contributed by atoms with Gasteiger partial charge >= 0.3 is 0 Å². The van der Waals surface area contributed by atoms with Gasteiger partial charge in [0.15, 0.2) is 6.17 Å². The van der Waals surface area contributed by atoms with Crippen molar-refractivity contribution in [2.24, 2.45) is 9.98 Å². The number of aromatic nitrogens is 4. The van der Waals surface area contributed by atoms with Crippen LogP contribution in [0.5, 0.6) is 0 Å². The van der Waals surface area contributed by atoms with E-state index in [4.69, 9.17) is 28.2 Å². The fraction of sp³-hybridized carbons (Fsp3) is 0.211. The molecule has 5 rings (SSSR count). The van der Waals surface area contributed by atoms with E-state index in [2.05, 4.69) is 36.1 Å². The molecule has 0 spiro atoms. The first-order valence-corrected chi connectivity index (χ1v) is 10.3. The van der Waals surface area contributed by atoms with Gasteiger partial charge in [-0.25, -0.2) is 19.5 Å². The second-order valence-corrected chi connectivity index (χ2v) is 7.73. The van der Waals surface area contributed by atoms with Crippen LogP contribution in [0.1, 0.15) is 25.2 Å². The lowest BCUT2D eigenvalue weighted by Crippen LogP contribution is -2.39. The van der Waals surface area contributed by atoms with E-state index in [-0.39, 0.29) is 28.2 Å². The molecule has 2 aliphatic heterocycles. The van der Waals surface area contributed by atoms with E-state index < -0.39 is 0 Å². The van der Waals surface area contributed by atoms with Gasteiger partial charge in [0.05, 0.1) is 45.9 Å². The van der Waals surface area contributed by atoms with Crippen molar-refractivity contribution in [3.8, 4) is 5.82 Å². The van der Waals surface area contributed by atoms with Crippen LogP contribution in [0.4, 0.5) is 0 Å². The Morgan fingerprint density at radius 2 is 1.94 bits per heavy atom. The molecule has 1 unspecified atom stereocenters. The molecular weight excluding hydrogens is 441 g/mol. The number of H-pyrrole nitrogens is 1. The Kier molecular flexibility index (Phi) is 4.87. The lowest BCUT2D eigenvalue weighted by atomic mass is 10.1. The van der Waals surface area contributed by atoms with E-state index >= 15 is 0 Å². The number of nitrogens with one attached hydrogen (secondary N) is 4. The average molecular weight is 458 g/mol. The van der Waals surface area contributed by atoms with Crippen molar-refractivity contribution in [2.75, 3.05) is 0 Å². The Morgan fingerprint density at radius 1 is 1.16 bits per heavy atom. The maximum atomic E-state index is 13.5. The standard InChI is InChI=1S/C19H17Cl2N9O/c1-2-11(27-17-15-16(23-7-22-15)24-8-25-17)18-28-14-10(21)4-3-9(20)13(14)19(31)30(18)12-5-6-26-29-12/h3-8,11,16,27H,2H2,1H3,(H,22,23)(H,24,25)(H,26,29)/t11-,16?/m0/s1. The van der Waals surface area contributed by atoms with E-state index in [1.54, 1.807) is 37.1 Å². The molecule has 3 aromatic rings. The van der Waals surface area contributed by atoms with Crippen LogP contribution in [0.25, 0.3) is 16.7 Å². The highest BCUT2D eigenvalue weighted by molar-refractivity contribution is 6.39. The first-order chi connectivity index (χ1) is 15.1. The van der Waals surface area contributed by atoms with Crippen LogP contribution >= 0.6 is 23.2 Å². The molecular formula is C19H17Cl2N9O. The van der Waals surface area contributed by atoms with Crippen LogP contribution in [-0.2, 0) is 0 Å². The van der Waals surface area contributed by atoms with E-state index in [1.165, 1.54) is 4.57 Å². The summed E-state index contributed by atoms with van der Waals surface area (Å²) in [7, 11) is 0. The van der Waals surface area contributed by atoms with E-state index in [0.717, 1.165) is 5.70 Å².